The van der Waals surface area contributed by atoms with Crippen LogP contribution in [-0.2, 0) is 9.59 Å². The molecule has 25 heavy (non-hydrogen) atoms. The zero-order valence-electron chi connectivity index (χ0n) is 13.9. The molecule has 1 N–H and O–H groups in total. The molecule has 0 saturated heterocycles. The summed E-state index contributed by atoms with van der Waals surface area (Å²) in [4.78, 5) is 36.3. The van der Waals surface area contributed by atoms with E-state index in [1.165, 1.54) is 35.9 Å². The van der Waals surface area contributed by atoms with Gasteiger partial charge in [-0.3, -0.25) is 24.6 Å². The summed E-state index contributed by atoms with van der Waals surface area (Å²) in [7, 11) is 0. The molecule has 8 nitrogen and oxygen atoms in total. The quantitative estimate of drug-likeness (QED) is 0.511. The highest BCUT2D eigenvalue weighted by molar-refractivity contribution is 6.02. The summed E-state index contributed by atoms with van der Waals surface area (Å²) in [6.45, 7) is -0.339. The summed E-state index contributed by atoms with van der Waals surface area (Å²) in [6.07, 6.45) is 6.46. The molecule has 0 spiro atoms. The van der Waals surface area contributed by atoms with E-state index in [1.807, 2.05) is 0 Å². The number of anilines is 1. The van der Waals surface area contributed by atoms with Gasteiger partial charge in [0.05, 0.1) is 10.6 Å². The van der Waals surface area contributed by atoms with Crippen molar-refractivity contribution in [2.45, 2.75) is 44.6 Å². The Balaban J connectivity index is 1.73. The zero-order chi connectivity index (χ0) is 17.8. The molecular formula is C17H21N3O5. The van der Waals surface area contributed by atoms with E-state index < -0.39 is 4.92 Å². The third-order valence-corrected chi connectivity index (χ3v) is 4.62. The minimum Gasteiger partial charge on any atom is -0.482 e. The normalized spacial score (nSPS) is 18.1. The number of nitrogens with one attached hydrogen (secondary N) is 1. The van der Waals surface area contributed by atoms with Crippen LogP contribution in [-0.4, -0.2) is 35.9 Å². The second-order valence-corrected chi connectivity index (χ2v) is 6.43. The molecule has 1 aromatic rings. The number of carbonyl (C=O) groups is 2. The molecule has 2 aliphatic rings. The molecule has 1 aliphatic heterocycles. The predicted molar refractivity (Wildman–Crippen MR) is 90.6 cm³/mol. The number of carbonyl (C=O) groups excluding carboxylic acids is 2. The molecule has 0 atom stereocenters. The van der Waals surface area contributed by atoms with Crippen molar-refractivity contribution in [1.82, 2.24) is 5.32 Å². The van der Waals surface area contributed by atoms with Gasteiger partial charge in [0.1, 0.15) is 12.3 Å². The third kappa shape index (κ3) is 4.07. The predicted octanol–water partition coefficient (Wildman–Crippen LogP) is 2.16. The number of hydrogen-bond donors (Lipinski definition) is 1. The SMILES string of the molecule is O=C(CN1C(=O)COc2ccc([N+](=O)[O-])cc21)NC1CCCCCC1. The Morgan fingerprint density at radius 1 is 1.28 bits per heavy atom. The molecule has 134 valence electrons. The van der Waals surface area contributed by atoms with Gasteiger partial charge in [-0.1, -0.05) is 25.7 Å². The fraction of sp³-hybridized carbons (Fsp3) is 0.529. The van der Waals surface area contributed by atoms with E-state index in [0.717, 1.165) is 25.7 Å². The van der Waals surface area contributed by atoms with Gasteiger partial charge in [0, 0.05) is 18.2 Å². The van der Waals surface area contributed by atoms with Crippen LogP contribution in [0.2, 0.25) is 0 Å². The van der Waals surface area contributed by atoms with Gasteiger partial charge in [-0.2, -0.15) is 0 Å². The summed E-state index contributed by atoms with van der Waals surface area (Å²) >= 11 is 0. The molecule has 8 heteroatoms. The second-order valence-electron chi connectivity index (χ2n) is 6.43. The molecule has 0 unspecified atom stereocenters. The third-order valence-electron chi connectivity index (χ3n) is 4.62. The molecule has 1 heterocycles. The Bertz CT molecular complexity index is 683. The number of non-ortho nitro benzene ring substituents is 1. The summed E-state index contributed by atoms with van der Waals surface area (Å²) in [5.41, 5.74) is 0.118. The molecule has 1 fully saturated rings. The van der Waals surface area contributed by atoms with Gasteiger partial charge in [0.25, 0.3) is 11.6 Å². The maximum absolute atomic E-state index is 12.4. The fourth-order valence-electron chi connectivity index (χ4n) is 3.32. The van der Waals surface area contributed by atoms with Gasteiger partial charge in [-0.05, 0) is 18.9 Å². The largest absolute Gasteiger partial charge is 0.482 e. The Hall–Kier alpha value is -2.64. The van der Waals surface area contributed by atoms with E-state index in [1.54, 1.807) is 0 Å². The number of nitro benzene ring substituents is 1. The first kappa shape index (κ1) is 17.2. The number of amides is 2. The number of hydrogen-bond acceptors (Lipinski definition) is 5. The van der Waals surface area contributed by atoms with Crippen molar-refractivity contribution in [2.24, 2.45) is 0 Å². The summed E-state index contributed by atoms with van der Waals surface area (Å²) < 4.78 is 5.30. The van der Waals surface area contributed by atoms with Crippen LogP contribution >= 0.6 is 0 Å². The van der Waals surface area contributed by atoms with E-state index in [-0.39, 0.29) is 42.4 Å². The molecule has 1 saturated carbocycles. The molecule has 3 rings (SSSR count). The zero-order valence-corrected chi connectivity index (χ0v) is 13.9. The van der Waals surface area contributed by atoms with Crippen molar-refractivity contribution >= 4 is 23.2 Å². The molecule has 0 bridgehead atoms. The number of nitro groups is 1. The lowest BCUT2D eigenvalue weighted by molar-refractivity contribution is -0.384. The van der Waals surface area contributed by atoms with Gasteiger partial charge >= 0.3 is 0 Å². The van der Waals surface area contributed by atoms with Crippen LogP contribution < -0.4 is 15.0 Å². The minimum absolute atomic E-state index is 0.135. The molecule has 0 aromatic heterocycles. The van der Waals surface area contributed by atoms with E-state index >= 15 is 0 Å². The second kappa shape index (κ2) is 7.50. The van der Waals surface area contributed by atoms with Gasteiger partial charge in [-0.15, -0.1) is 0 Å². The van der Waals surface area contributed by atoms with Crippen molar-refractivity contribution in [3.05, 3.63) is 28.3 Å². The van der Waals surface area contributed by atoms with Crippen molar-refractivity contribution in [1.29, 1.82) is 0 Å². The Morgan fingerprint density at radius 2 is 2.00 bits per heavy atom. The van der Waals surface area contributed by atoms with Crippen molar-refractivity contribution in [3.8, 4) is 5.75 Å². The van der Waals surface area contributed by atoms with E-state index in [9.17, 15) is 19.7 Å². The molecule has 1 aliphatic carbocycles. The highest BCUT2D eigenvalue weighted by Gasteiger charge is 2.29. The van der Waals surface area contributed by atoms with Crippen LogP contribution in [0.25, 0.3) is 0 Å². The lowest BCUT2D eigenvalue weighted by Crippen LogP contribution is -2.47. The molecule has 2 amide bonds. The average Bonchev–Trinajstić information content (AvgIpc) is 2.85. The Kier molecular flexibility index (Phi) is 5.16. The number of nitrogens with zero attached hydrogens (tertiary/aromatic N) is 2. The van der Waals surface area contributed by atoms with Crippen LogP contribution in [0.15, 0.2) is 18.2 Å². The summed E-state index contributed by atoms with van der Waals surface area (Å²) in [5, 5.41) is 14.0. The molecule has 1 aromatic carbocycles. The van der Waals surface area contributed by atoms with Gasteiger partial charge in [0.2, 0.25) is 5.91 Å². The average molecular weight is 347 g/mol. The van der Waals surface area contributed by atoms with Crippen molar-refractivity contribution in [2.75, 3.05) is 18.1 Å². The molecule has 0 radical (unpaired) electrons. The molecular weight excluding hydrogens is 326 g/mol. The van der Waals surface area contributed by atoms with Crippen molar-refractivity contribution in [3.63, 3.8) is 0 Å². The minimum atomic E-state index is -0.539. The number of benzene rings is 1. The van der Waals surface area contributed by atoms with E-state index in [4.69, 9.17) is 4.74 Å². The lowest BCUT2D eigenvalue weighted by Gasteiger charge is -2.29. The Morgan fingerprint density at radius 3 is 2.68 bits per heavy atom. The van der Waals surface area contributed by atoms with Crippen LogP contribution in [0.4, 0.5) is 11.4 Å². The highest BCUT2D eigenvalue weighted by atomic mass is 16.6. The first-order valence-electron chi connectivity index (χ1n) is 8.55. The van der Waals surface area contributed by atoms with Crippen LogP contribution in [0.5, 0.6) is 5.75 Å². The first-order valence-corrected chi connectivity index (χ1v) is 8.55. The van der Waals surface area contributed by atoms with Gasteiger partial charge in [0.15, 0.2) is 6.61 Å². The van der Waals surface area contributed by atoms with E-state index in [0.29, 0.717) is 5.75 Å². The van der Waals surface area contributed by atoms with Gasteiger partial charge < -0.3 is 10.1 Å². The topological polar surface area (TPSA) is 102 Å². The maximum atomic E-state index is 12.4. The summed E-state index contributed by atoms with van der Waals surface area (Å²) in [5.74, 6) is -0.268. The van der Waals surface area contributed by atoms with Crippen LogP contribution in [0, 0.1) is 10.1 Å². The standard InChI is InChI=1S/C17H21N3O5/c21-16(18-12-5-3-1-2-4-6-12)10-19-14-9-13(20(23)24)7-8-15(14)25-11-17(19)22/h7-9,12H,1-6,10-11H2,(H,18,21). The smallest absolute Gasteiger partial charge is 0.271 e. The van der Waals surface area contributed by atoms with Gasteiger partial charge in [-0.25, -0.2) is 0 Å². The lowest BCUT2D eigenvalue weighted by atomic mass is 10.1. The van der Waals surface area contributed by atoms with E-state index in [2.05, 4.69) is 5.32 Å². The first-order chi connectivity index (χ1) is 12.0. The van der Waals surface area contributed by atoms with Crippen molar-refractivity contribution < 1.29 is 19.2 Å². The monoisotopic (exact) mass is 347 g/mol. The highest BCUT2D eigenvalue weighted by Crippen LogP contribution is 2.35. The van der Waals surface area contributed by atoms with Crippen LogP contribution in [0.1, 0.15) is 38.5 Å². The Labute approximate surface area is 145 Å². The fourth-order valence-corrected chi connectivity index (χ4v) is 3.32. The number of rotatable bonds is 4. The summed E-state index contributed by atoms with van der Waals surface area (Å²) in [6, 6.07) is 4.18. The maximum Gasteiger partial charge on any atom is 0.271 e. The van der Waals surface area contributed by atoms with Crippen LogP contribution in [0.3, 0.4) is 0 Å². The number of ether oxygens (including phenoxy) is 1. The number of fused-ring (bicyclic) bond motifs is 1.